The van der Waals surface area contributed by atoms with Crippen LogP contribution in [0, 0.1) is 16.7 Å². The Morgan fingerprint density at radius 2 is 1.89 bits per heavy atom. The van der Waals surface area contributed by atoms with Gasteiger partial charge >= 0.3 is 0 Å². The fraction of sp³-hybridized carbons (Fsp3) is 0.750. The molecule has 1 aliphatic rings. The average molecular weight is 276 g/mol. The maximum absolute atomic E-state index is 9.62. The molecule has 0 aromatic carbocycles. The molecule has 0 N–H and O–H groups in total. The van der Waals surface area contributed by atoms with E-state index in [9.17, 15) is 5.26 Å². The molecule has 3 heteroatoms. The smallest absolute Gasteiger partial charge is 0.0944 e. The highest BCUT2D eigenvalue weighted by Gasteiger charge is 2.32. The molecular weight excluding hydrogens is 252 g/mol. The van der Waals surface area contributed by atoms with Gasteiger partial charge in [-0.1, -0.05) is 46.5 Å². The average Bonchev–Trinajstić information content (AvgIpc) is 2.69. The first-order valence-corrected chi connectivity index (χ1v) is 8.19. The van der Waals surface area contributed by atoms with Crippen molar-refractivity contribution >= 4 is 11.3 Å². The molecule has 0 bridgehead atoms. The molecule has 1 fully saturated rings. The van der Waals surface area contributed by atoms with E-state index >= 15 is 0 Å². The van der Waals surface area contributed by atoms with Gasteiger partial charge in [-0.2, -0.15) is 5.26 Å². The lowest BCUT2D eigenvalue weighted by atomic mass is 9.79. The second-order valence-electron chi connectivity index (χ2n) is 6.86. The Hall–Kier alpha value is -0.880. The van der Waals surface area contributed by atoms with Gasteiger partial charge in [-0.15, -0.1) is 11.3 Å². The molecule has 1 heterocycles. The topological polar surface area (TPSA) is 36.7 Å². The molecule has 0 unspecified atom stereocenters. The van der Waals surface area contributed by atoms with E-state index in [2.05, 4.69) is 32.2 Å². The van der Waals surface area contributed by atoms with E-state index in [-0.39, 0.29) is 10.8 Å². The Morgan fingerprint density at radius 3 is 2.37 bits per heavy atom. The summed E-state index contributed by atoms with van der Waals surface area (Å²) in [5.74, 6) is 0. The molecule has 0 atom stereocenters. The molecule has 0 spiro atoms. The largest absolute Gasteiger partial charge is 0.246 e. The Bertz CT molecular complexity index is 454. The van der Waals surface area contributed by atoms with Crippen molar-refractivity contribution in [3.05, 3.63) is 16.1 Å². The van der Waals surface area contributed by atoms with Crippen LogP contribution >= 0.6 is 11.3 Å². The minimum Gasteiger partial charge on any atom is -0.246 e. The van der Waals surface area contributed by atoms with Gasteiger partial charge in [-0.25, -0.2) is 4.98 Å². The number of aromatic nitrogens is 1. The molecule has 0 radical (unpaired) electrons. The predicted octanol–water partition coefficient (Wildman–Crippen LogP) is 4.85. The van der Waals surface area contributed by atoms with Gasteiger partial charge in [-0.3, -0.25) is 0 Å². The van der Waals surface area contributed by atoms with E-state index < -0.39 is 0 Å². The Balaban J connectivity index is 2.14. The summed E-state index contributed by atoms with van der Waals surface area (Å²) in [5, 5.41) is 12.9. The zero-order valence-corrected chi connectivity index (χ0v) is 13.1. The minimum atomic E-state index is -0.149. The summed E-state index contributed by atoms with van der Waals surface area (Å²) in [6.45, 7) is 6.58. The molecule has 1 aromatic heterocycles. The normalized spacial score (nSPS) is 19.7. The molecule has 0 amide bonds. The van der Waals surface area contributed by atoms with Gasteiger partial charge in [0.2, 0.25) is 0 Å². The maximum atomic E-state index is 9.62. The van der Waals surface area contributed by atoms with E-state index in [1.165, 1.54) is 25.7 Å². The highest BCUT2D eigenvalue weighted by molar-refractivity contribution is 7.09. The zero-order valence-electron chi connectivity index (χ0n) is 12.3. The SMILES string of the molecule is CC(C)(C)c1csc(CC2(C#N)CCCCCC2)n1. The second kappa shape index (κ2) is 5.63. The van der Waals surface area contributed by atoms with Gasteiger partial charge in [0, 0.05) is 17.2 Å². The van der Waals surface area contributed by atoms with Crippen LogP contribution in [0.4, 0.5) is 0 Å². The summed E-state index contributed by atoms with van der Waals surface area (Å²) in [6, 6.07) is 2.62. The summed E-state index contributed by atoms with van der Waals surface area (Å²) in [6.07, 6.45) is 7.92. The Labute approximate surface area is 120 Å². The Morgan fingerprint density at radius 1 is 1.26 bits per heavy atom. The van der Waals surface area contributed by atoms with Crippen molar-refractivity contribution in [2.24, 2.45) is 5.41 Å². The highest BCUT2D eigenvalue weighted by Crippen LogP contribution is 2.38. The van der Waals surface area contributed by atoms with Crippen LogP contribution in [-0.4, -0.2) is 4.98 Å². The summed E-state index contributed by atoms with van der Waals surface area (Å²) in [5.41, 5.74) is 1.12. The standard InChI is InChI=1S/C16H24N2S/c1-15(2,3)13-11-19-14(18-13)10-16(12-17)8-6-4-5-7-9-16/h11H,4-10H2,1-3H3. The molecule has 2 rings (SSSR count). The van der Waals surface area contributed by atoms with Gasteiger partial charge < -0.3 is 0 Å². The fourth-order valence-electron chi connectivity index (χ4n) is 2.76. The summed E-state index contributed by atoms with van der Waals surface area (Å²) in [7, 11) is 0. The van der Waals surface area contributed by atoms with Gasteiger partial charge in [0.15, 0.2) is 0 Å². The van der Waals surface area contributed by atoms with E-state index in [1.807, 2.05) is 0 Å². The van der Waals surface area contributed by atoms with Crippen LogP contribution in [0.2, 0.25) is 0 Å². The maximum Gasteiger partial charge on any atom is 0.0944 e. The monoisotopic (exact) mass is 276 g/mol. The lowest BCUT2D eigenvalue weighted by Crippen LogP contribution is -2.21. The predicted molar refractivity (Wildman–Crippen MR) is 80.3 cm³/mol. The first kappa shape index (κ1) is 14.5. The molecule has 1 aliphatic carbocycles. The lowest BCUT2D eigenvalue weighted by Gasteiger charge is -2.23. The van der Waals surface area contributed by atoms with Crippen molar-refractivity contribution in [2.75, 3.05) is 0 Å². The van der Waals surface area contributed by atoms with Gasteiger partial charge in [-0.05, 0) is 12.8 Å². The third-order valence-electron chi connectivity index (χ3n) is 4.11. The number of hydrogen-bond acceptors (Lipinski definition) is 3. The second-order valence-corrected chi connectivity index (χ2v) is 7.80. The lowest BCUT2D eigenvalue weighted by molar-refractivity contribution is 0.338. The third-order valence-corrected chi connectivity index (χ3v) is 4.96. The molecule has 104 valence electrons. The minimum absolute atomic E-state index is 0.109. The third kappa shape index (κ3) is 3.57. The van der Waals surface area contributed by atoms with Crippen LogP contribution in [0.5, 0.6) is 0 Å². The van der Waals surface area contributed by atoms with Gasteiger partial charge in [0.25, 0.3) is 0 Å². The van der Waals surface area contributed by atoms with Crippen molar-refractivity contribution in [1.82, 2.24) is 4.98 Å². The number of nitrogens with zero attached hydrogens (tertiary/aromatic N) is 2. The van der Waals surface area contributed by atoms with E-state index in [0.29, 0.717) is 0 Å². The van der Waals surface area contributed by atoms with Crippen LogP contribution in [0.15, 0.2) is 5.38 Å². The summed E-state index contributed by atoms with van der Waals surface area (Å²) >= 11 is 1.73. The first-order chi connectivity index (χ1) is 8.95. The fourth-order valence-corrected chi connectivity index (χ4v) is 3.92. The van der Waals surface area contributed by atoms with E-state index in [0.717, 1.165) is 30.0 Å². The van der Waals surface area contributed by atoms with Crippen LogP contribution in [0.25, 0.3) is 0 Å². The quantitative estimate of drug-likeness (QED) is 0.724. The molecule has 0 saturated heterocycles. The molecule has 0 aliphatic heterocycles. The van der Waals surface area contributed by atoms with Crippen LogP contribution in [0.1, 0.15) is 70.0 Å². The summed E-state index contributed by atoms with van der Waals surface area (Å²) in [4.78, 5) is 4.77. The highest BCUT2D eigenvalue weighted by atomic mass is 32.1. The number of thiazole rings is 1. The van der Waals surface area contributed by atoms with Crippen molar-refractivity contribution in [3.8, 4) is 6.07 Å². The van der Waals surface area contributed by atoms with Crippen LogP contribution in [0.3, 0.4) is 0 Å². The van der Waals surface area contributed by atoms with Crippen molar-refractivity contribution < 1.29 is 0 Å². The molecular formula is C16H24N2S. The number of hydrogen-bond donors (Lipinski definition) is 0. The number of nitriles is 1. The Kier molecular flexibility index (Phi) is 4.30. The van der Waals surface area contributed by atoms with Crippen LogP contribution < -0.4 is 0 Å². The van der Waals surface area contributed by atoms with Gasteiger partial charge in [0.05, 0.1) is 22.2 Å². The van der Waals surface area contributed by atoms with Crippen LogP contribution in [-0.2, 0) is 11.8 Å². The molecule has 1 aromatic rings. The van der Waals surface area contributed by atoms with Crippen molar-refractivity contribution in [3.63, 3.8) is 0 Å². The van der Waals surface area contributed by atoms with Gasteiger partial charge in [0.1, 0.15) is 0 Å². The summed E-state index contributed by atoms with van der Waals surface area (Å²) < 4.78 is 0. The van der Waals surface area contributed by atoms with E-state index in [1.54, 1.807) is 11.3 Å². The van der Waals surface area contributed by atoms with E-state index in [4.69, 9.17) is 4.98 Å². The molecule has 1 saturated carbocycles. The van der Waals surface area contributed by atoms with Crippen molar-refractivity contribution in [1.29, 1.82) is 5.26 Å². The zero-order chi connectivity index (χ0) is 13.9. The van der Waals surface area contributed by atoms with Crippen molar-refractivity contribution in [2.45, 2.75) is 71.1 Å². The number of rotatable bonds is 2. The molecule has 2 nitrogen and oxygen atoms in total. The molecule has 19 heavy (non-hydrogen) atoms. The first-order valence-electron chi connectivity index (χ1n) is 7.31.